The maximum atomic E-state index is 11.4. The fourth-order valence-corrected chi connectivity index (χ4v) is 2.97. The first-order valence-corrected chi connectivity index (χ1v) is 8.36. The van der Waals surface area contributed by atoms with Crippen LogP contribution in [0.5, 0.6) is 0 Å². The van der Waals surface area contributed by atoms with E-state index in [-0.39, 0.29) is 12.0 Å². The molecule has 2 atom stereocenters. The lowest BCUT2D eigenvalue weighted by atomic mass is 10.1. The molecular weight excluding hydrogens is 330 g/mol. The number of nitrogens with one attached hydrogen (secondary N) is 1. The fourth-order valence-electron chi connectivity index (χ4n) is 1.63. The minimum Gasteiger partial charge on any atom is -0.465 e. The molecule has 0 spiro atoms. The highest BCUT2D eigenvalue weighted by atomic mass is 79.9. The highest BCUT2D eigenvalue weighted by Gasteiger charge is 2.09. The number of hydrogen-bond acceptors (Lipinski definition) is 4. The van der Waals surface area contributed by atoms with Crippen LogP contribution in [0.3, 0.4) is 0 Å². The Hall–Kier alpha value is -0.720. The van der Waals surface area contributed by atoms with Gasteiger partial charge in [0, 0.05) is 39.9 Å². The SMILES string of the molecule is COC(=O)c1ccc(CNC(C)CS(C)=O)c(Br)c1. The van der Waals surface area contributed by atoms with Gasteiger partial charge in [-0.15, -0.1) is 0 Å². The number of hydrogen-bond donors (Lipinski definition) is 1. The molecule has 0 fully saturated rings. The highest BCUT2D eigenvalue weighted by molar-refractivity contribution is 9.10. The molecule has 1 N–H and O–H groups in total. The number of rotatable bonds is 6. The zero-order valence-electron chi connectivity index (χ0n) is 11.2. The normalized spacial score (nSPS) is 13.9. The largest absolute Gasteiger partial charge is 0.465 e. The molecule has 2 unspecified atom stereocenters. The minimum atomic E-state index is -0.805. The van der Waals surface area contributed by atoms with Crippen molar-refractivity contribution in [2.45, 2.75) is 19.5 Å². The number of carbonyl (C=O) groups is 1. The smallest absolute Gasteiger partial charge is 0.337 e. The van der Waals surface area contributed by atoms with Crippen LogP contribution in [0.15, 0.2) is 22.7 Å². The average Bonchev–Trinajstić information content (AvgIpc) is 2.35. The van der Waals surface area contributed by atoms with Crippen molar-refractivity contribution in [3.8, 4) is 0 Å². The van der Waals surface area contributed by atoms with Crippen LogP contribution in [0.2, 0.25) is 0 Å². The average molecular weight is 348 g/mol. The molecule has 1 aromatic carbocycles. The number of methoxy groups -OCH3 is 1. The lowest BCUT2D eigenvalue weighted by Gasteiger charge is -2.13. The predicted molar refractivity (Wildman–Crippen MR) is 80.7 cm³/mol. The molecule has 6 heteroatoms. The van der Waals surface area contributed by atoms with Crippen LogP contribution in [0.1, 0.15) is 22.8 Å². The van der Waals surface area contributed by atoms with Gasteiger partial charge in [-0.25, -0.2) is 4.79 Å². The van der Waals surface area contributed by atoms with E-state index in [9.17, 15) is 9.00 Å². The summed E-state index contributed by atoms with van der Waals surface area (Å²) in [6, 6.07) is 5.53. The summed E-state index contributed by atoms with van der Waals surface area (Å²) >= 11 is 3.44. The first-order valence-electron chi connectivity index (χ1n) is 5.84. The Bertz CT molecular complexity index is 479. The van der Waals surface area contributed by atoms with Gasteiger partial charge in [0.2, 0.25) is 0 Å². The van der Waals surface area contributed by atoms with Gasteiger partial charge in [-0.1, -0.05) is 22.0 Å². The lowest BCUT2D eigenvalue weighted by Crippen LogP contribution is -2.30. The maximum Gasteiger partial charge on any atom is 0.337 e. The van der Waals surface area contributed by atoms with Gasteiger partial charge in [0.1, 0.15) is 0 Å². The lowest BCUT2D eigenvalue weighted by molar-refractivity contribution is 0.0600. The van der Waals surface area contributed by atoms with E-state index in [1.165, 1.54) is 7.11 Å². The summed E-state index contributed by atoms with van der Waals surface area (Å²) in [5.74, 6) is 0.271. The molecule has 0 aliphatic heterocycles. The highest BCUT2D eigenvalue weighted by Crippen LogP contribution is 2.19. The molecule has 4 nitrogen and oxygen atoms in total. The molecule has 0 bridgehead atoms. The fraction of sp³-hybridized carbons (Fsp3) is 0.462. The van der Waals surface area contributed by atoms with Gasteiger partial charge < -0.3 is 10.1 Å². The van der Waals surface area contributed by atoms with Crippen molar-refractivity contribution in [2.75, 3.05) is 19.1 Å². The third-order valence-electron chi connectivity index (χ3n) is 2.60. The van der Waals surface area contributed by atoms with Crippen LogP contribution >= 0.6 is 15.9 Å². The molecule has 0 amide bonds. The number of esters is 1. The third-order valence-corrected chi connectivity index (χ3v) is 4.31. The quantitative estimate of drug-likeness (QED) is 0.800. The van der Waals surface area contributed by atoms with Gasteiger partial charge in [0.15, 0.2) is 0 Å². The molecule has 0 aliphatic carbocycles. The van der Waals surface area contributed by atoms with Crippen molar-refractivity contribution >= 4 is 32.7 Å². The summed E-state index contributed by atoms with van der Waals surface area (Å²) in [4.78, 5) is 11.4. The zero-order valence-corrected chi connectivity index (χ0v) is 13.6. The molecular formula is C13H18BrNO3S. The van der Waals surface area contributed by atoms with Gasteiger partial charge in [-0.3, -0.25) is 4.21 Å². The zero-order chi connectivity index (χ0) is 14.4. The van der Waals surface area contributed by atoms with Gasteiger partial charge >= 0.3 is 5.97 Å². The summed E-state index contributed by atoms with van der Waals surface area (Å²) < 4.78 is 16.6. The van der Waals surface area contributed by atoms with Crippen LogP contribution in [0, 0.1) is 0 Å². The Morgan fingerprint density at radius 2 is 2.21 bits per heavy atom. The monoisotopic (exact) mass is 347 g/mol. The van der Waals surface area contributed by atoms with E-state index < -0.39 is 10.8 Å². The summed E-state index contributed by atoms with van der Waals surface area (Å²) in [7, 11) is 0.554. The second-order valence-electron chi connectivity index (χ2n) is 4.32. The van der Waals surface area contributed by atoms with Gasteiger partial charge in [0.05, 0.1) is 12.7 Å². The predicted octanol–water partition coefficient (Wildman–Crippen LogP) is 2.09. The standard InChI is InChI=1S/C13H18BrNO3S/c1-9(8-19(3)17)15-7-11-5-4-10(6-12(11)14)13(16)18-2/h4-6,9,15H,7-8H2,1-3H3. The summed E-state index contributed by atoms with van der Waals surface area (Å²) in [5, 5.41) is 3.29. The van der Waals surface area contributed by atoms with E-state index in [1.807, 2.05) is 13.0 Å². The topological polar surface area (TPSA) is 55.4 Å². The Kier molecular flexibility index (Phi) is 6.68. The van der Waals surface area contributed by atoms with E-state index in [0.29, 0.717) is 17.9 Å². The van der Waals surface area contributed by atoms with Crippen molar-refractivity contribution < 1.29 is 13.7 Å². The second-order valence-corrected chi connectivity index (χ2v) is 6.65. The Morgan fingerprint density at radius 1 is 1.53 bits per heavy atom. The Morgan fingerprint density at radius 3 is 2.74 bits per heavy atom. The summed E-state index contributed by atoms with van der Waals surface area (Å²) in [5.41, 5.74) is 1.56. The molecule has 0 radical (unpaired) electrons. The van der Waals surface area contributed by atoms with Gasteiger partial charge in [-0.2, -0.15) is 0 Å². The number of halogens is 1. The third kappa shape index (κ3) is 5.42. The summed E-state index contributed by atoms with van der Waals surface area (Å²) in [6.07, 6.45) is 1.69. The van der Waals surface area contributed by atoms with E-state index in [2.05, 4.69) is 26.0 Å². The van der Waals surface area contributed by atoms with Crippen molar-refractivity contribution in [3.05, 3.63) is 33.8 Å². The van der Waals surface area contributed by atoms with Gasteiger partial charge in [-0.05, 0) is 24.6 Å². The molecule has 0 aliphatic rings. The molecule has 1 rings (SSSR count). The van der Waals surface area contributed by atoms with Gasteiger partial charge in [0.25, 0.3) is 0 Å². The molecule has 0 aromatic heterocycles. The van der Waals surface area contributed by atoms with Crippen molar-refractivity contribution in [1.29, 1.82) is 0 Å². The molecule has 0 saturated carbocycles. The van der Waals surface area contributed by atoms with E-state index >= 15 is 0 Å². The van der Waals surface area contributed by atoms with Crippen molar-refractivity contribution in [1.82, 2.24) is 5.32 Å². The maximum absolute atomic E-state index is 11.4. The molecule has 106 valence electrons. The number of ether oxygens (including phenoxy) is 1. The number of benzene rings is 1. The van der Waals surface area contributed by atoms with E-state index in [1.54, 1.807) is 18.4 Å². The molecule has 1 aromatic rings. The molecule has 0 heterocycles. The first-order chi connectivity index (χ1) is 8.93. The van der Waals surface area contributed by atoms with Crippen molar-refractivity contribution in [3.63, 3.8) is 0 Å². The summed E-state index contributed by atoms with van der Waals surface area (Å²) in [6.45, 7) is 2.65. The van der Waals surface area contributed by atoms with Crippen LogP contribution in [-0.4, -0.2) is 35.3 Å². The minimum absolute atomic E-state index is 0.179. The Balaban J connectivity index is 2.65. The number of carbonyl (C=O) groups excluding carboxylic acids is 1. The van der Waals surface area contributed by atoms with Crippen molar-refractivity contribution in [2.24, 2.45) is 0 Å². The van der Waals surface area contributed by atoms with Crippen LogP contribution in [-0.2, 0) is 22.1 Å². The van der Waals surface area contributed by atoms with Crippen LogP contribution < -0.4 is 5.32 Å². The van der Waals surface area contributed by atoms with Crippen LogP contribution in [0.4, 0.5) is 0 Å². The van der Waals surface area contributed by atoms with E-state index in [0.717, 1.165) is 10.0 Å². The van der Waals surface area contributed by atoms with Crippen LogP contribution in [0.25, 0.3) is 0 Å². The van der Waals surface area contributed by atoms with E-state index in [4.69, 9.17) is 0 Å². The second kappa shape index (κ2) is 7.77. The Labute approximate surface area is 124 Å². The molecule has 0 saturated heterocycles. The first kappa shape index (κ1) is 16.3. The molecule has 19 heavy (non-hydrogen) atoms.